The average Bonchev–Trinajstić information content (AvgIpc) is 2.49. The molecule has 0 aromatic carbocycles. The summed E-state index contributed by atoms with van der Waals surface area (Å²) in [5.74, 6) is 0.381. The molecule has 0 aliphatic rings. The summed E-state index contributed by atoms with van der Waals surface area (Å²) in [5, 5.41) is 12.5. The molecule has 0 spiro atoms. The third-order valence-corrected chi connectivity index (χ3v) is 2.65. The molecule has 2 N–H and O–H groups in total. The van der Waals surface area contributed by atoms with E-state index in [1.807, 2.05) is 10.8 Å². The Labute approximate surface area is 76.6 Å². The summed E-state index contributed by atoms with van der Waals surface area (Å²) in [7, 11) is 0. The fourth-order valence-corrected chi connectivity index (χ4v) is 1.84. The molecule has 2 nitrogen and oxygen atoms in total. The Morgan fingerprint density at radius 1 is 1.50 bits per heavy atom. The quantitative estimate of drug-likeness (QED) is 0.759. The van der Waals surface area contributed by atoms with Gasteiger partial charge < -0.3 is 5.73 Å². The molecule has 1 atom stereocenters. The van der Waals surface area contributed by atoms with Crippen LogP contribution in [-0.2, 0) is 0 Å². The van der Waals surface area contributed by atoms with Crippen LogP contribution in [0.1, 0.15) is 31.0 Å². The summed E-state index contributed by atoms with van der Waals surface area (Å²) >= 11 is 1.53. The van der Waals surface area contributed by atoms with E-state index in [0.717, 1.165) is 11.1 Å². The normalized spacial score (nSPS) is 12.9. The van der Waals surface area contributed by atoms with Crippen LogP contribution in [0.4, 0.5) is 0 Å². The number of nitrogens with two attached hydrogens (primary N) is 1. The molecule has 0 fully saturated rings. The minimum absolute atomic E-state index is 0.00843. The maximum Gasteiger partial charge on any atom is 0.100 e. The van der Waals surface area contributed by atoms with E-state index >= 15 is 0 Å². The lowest BCUT2D eigenvalue weighted by atomic mass is 9.97. The van der Waals surface area contributed by atoms with Crippen molar-refractivity contribution in [1.82, 2.24) is 0 Å². The molecule has 0 amide bonds. The Balaban J connectivity index is 2.95. The van der Waals surface area contributed by atoms with Crippen molar-refractivity contribution in [1.29, 1.82) is 5.26 Å². The molecule has 0 saturated carbocycles. The van der Waals surface area contributed by atoms with Gasteiger partial charge in [-0.05, 0) is 16.9 Å². The highest BCUT2D eigenvalue weighted by Crippen LogP contribution is 2.25. The van der Waals surface area contributed by atoms with Crippen LogP contribution >= 0.6 is 11.3 Å². The van der Waals surface area contributed by atoms with Crippen molar-refractivity contribution in [3.8, 4) is 6.07 Å². The Bertz CT molecular complexity index is 296. The zero-order chi connectivity index (χ0) is 9.14. The summed E-state index contributed by atoms with van der Waals surface area (Å²) in [5.41, 5.74) is 7.62. The minimum atomic E-state index is -0.00843. The monoisotopic (exact) mass is 180 g/mol. The molecule has 1 aromatic rings. The van der Waals surface area contributed by atoms with Crippen LogP contribution in [0, 0.1) is 17.2 Å². The topological polar surface area (TPSA) is 49.8 Å². The largest absolute Gasteiger partial charge is 0.324 e. The van der Waals surface area contributed by atoms with Gasteiger partial charge in [0.2, 0.25) is 0 Å². The fraction of sp³-hybridized carbons (Fsp3) is 0.444. The van der Waals surface area contributed by atoms with Crippen LogP contribution in [0.25, 0.3) is 0 Å². The zero-order valence-corrected chi connectivity index (χ0v) is 8.06. The van der Waals surface area contributed by atoms with Gasteiger partial charge in [-0.25, -0.2) is 0 Å². The second-order valence-electron chi connectivity index (χ2n) is 3.12. The van der Waals surface area contributed by atoms with E-state index in [4.69, 9.17) is 11.0 Å². The molecular weight excluding hydrogens is 168 g/mol. The van der Waals surface area contributed by atoms with E-state index in [0.29, 0.717) is 5.92 Å². The van der Waals surface area contributed by atoms with Gasteiger partial charge >= 0.3 is 0 Å². The Hall–Kier alpha value is -0.850. The highest BCUT2D eigenvalue weighted by Gasteiger charge is 2.14. The highest BCUT2D eigenvalue weighted by molar-refractivity contribution is 7.08. The molecule has 1 aromatic heterocycles. The summed E-state index contributed by atoms with van der Waals surface area (Å²) in [6.07, 6.45) is 0. The lowest BCUT2D eigenvalue weighted by Gasteiger charge is -2.14. The molecule has 3 heteroatoms. The van der Waals surface area contributed by atoms with Crippen LogP contribution < -0.4 is 5.73 Å². The van der Waals surface area contributed by atoms with E-state index < -0.39 is 0 Å². The number of rotatable bonds is 2. The number of nitrogens with zero attached hydrogens (tertiary/aromatic N) is 1. The van der Waals surface area contributed by atoms with Gasteiger partial charge in [-0.1, -0.05) is 13.8 Å². The molecule has 0 bridgehead atoms. The molecule has 64 valence electrons. The van der Waals surface area contributed by atoms with Crippen molar-refractivity contribution in [3.05, 3.63) is 21.9 Å². The van der Waals surface area contributed by atoms with Gasteiger partial charge in [0.05, 0.1) is 5.56 Å². The van der Waals surface area contributed by atoms with Crippen molar-refractivity contribution in [2.75, 3.05) is 0 Å². The standard InChI is InChI=1S/C9H12N2S/c1-6(2)9(11)8-5-12-4-7(8)3-10/h4-6,9H,11H2,1-2H3. The Morgan fingerprint density at radius 2 is 2.17 bits per heavy atom. The maximum atomic E-state index is 8.74. The third-order valence-electron chi connectivity index (χ3n) is 1.89. The van der Waals surface area contributed by atoms with E-state index in [1.54, 1.807) is 0 Å². The first-order valence-corrected chi connectivity index (χ1v) is 4.83. The van der Waals surface area contributed by atoms with E-state index in [1.165, 1.54) is 11.3 Å². The van der Waals surface area contributed by atoms with Gasteiger partial charge in [0.15, 0.2) is 0 Å². The van der Waals surface area contributed by atoms with Crippen LogP contribution in [0.15, 0.2) is 10.8 Å². The summed E-state index contributed by atoms with van der Waals surface area (Å²) in [6, 6.07) is 2.13. The maximum absolute atomic E-state index is 8.74. The number of hydrogen-bond donors (Lipinski definition) is 1. The van der Waals surface area contributed by atoms with Crippen LogP contribution in [0.2, 0.25) is 0 Å². The first-order valence-electron chi connectivity index (χ1n) is 3.88. The lowest BCUT2D eigenvalue weighted by molar-refractivity contribution is 0.515. The smallest absolute Gasteiger partial charge is 0.100 e. The molecule has 0 saturated heterocycles. The molecule has 1 heterocycles. The third kappa shape index (κ3) is 1.66. The van der Waals surface area contributed by atoms with Crippen molar-refractivity contribution in [2.24, 2.45) is 11.7 Å². The van der Waals surface area contributed by atoms with E-state index in [9.17, 15) is 0 Å². The average molecular weight is 180 g/mol. The lowest BCUT2D eigenvalue weighted by Crippen LogP contribution is -2.16. The van der Waals surface area contributed by atoms with Crippen LogP contribution in [-0.4, -0.2) is 0 Å². The van der Waals surface area contributed by atoms with Crippen LogP contribution in [0.3, 0.4) is 0 Å². The summed E-state index contributed by atoms with van der Waals surface area (Å²) in [6.45, 7) is 4.12. The Morgan fingerprint density at radius 3 is 2.67 bits per heavy atom. The second-order valence-corrected chi connectivity index (χ2v) is 3.87. The van der Waals surface area contributed by atoms with Gasteiger partial charge in [0.1, 0.15) is 6.07 Å². The van der Waals surface area contributed by atoms with Gasteiger partial charge in [-0.2, -0.15) is 16.6 Å². The second kappa shape index (κ2) is 3.70. The molecular formula is C9H12N2S. The Kier molecular flexibility index (Phi) is 2.85. The molecule has 1 rings (SSSR count). The van der Waals surface area contributed by atoms with E-state index in [2.05, 4.69) is 19.9 Å². The number of nitriles is 1. The predicted octanol–water partition coefficient (Wildman–Crippen LogP) is 2.28. The van der Waals surface area contributed by atoms with Crippen molar-refractivity contribution < 1.29 is 0 Å². The molecule has 0 aliphatic heterocycles. The molecule has 0 aliphatic carbocycles. The first kappa shape index (κ1) is 9.24. The fourth-order valence-electron chi connectivity index (χ4n) is 1.02. The van der Waals surface area contributed by atoms with Gasteiger partial charge in [0, 0.05) is 11.4 Å². The predicted molar refractivity (Wildman–Crippen MR) is 50.8 cm³/mol. The zero-order valence-electron chi connectivity index (χ0n) is 7.24. The van der Waals surface area contributed by atoms with E-state index in [-0.39, 0.29) is 6.04 Å². The summed E-state index contributed by atoms with van der Waals surface area (Å²) in [4.78, 5) is 0. The van der Waals surface area contributed by atoms with Crippen molar-refractivity contribution >= 4 is 11.3 Å². The first-order chi connectivity index (χ1) is 5.66. The highest BCUT2D eigenvalue weighted by atomic mass is 32.1. The number of thiophene rings is 1. The number of hydrogen-bond acceptors (Lipinski definition) is 3. The molecule has 0 radical (unpaired) electrons. The van der Waals surface area contributed by atoms with Crippen molar-refractivity contribution in [2.45, 2.75) is 19.9 Å². The van der Waals surface area contributed by atoms with Gasteiger partial charge in [-0.3, -0.25) is 0 Å². The van der Waals surface area contributed by atoms with Crippen molar-refractivity contribution in [3.63, 3.8) is 0 Å². The van der Waals surface area contributed by atoms with Crippen LogP contribution in [0.5, 0.6) is 0 Å². The van der Waals surface area contributed by atoms with Gasteiger partial charge in [-0.15, -0.1) is 0 Å². The van der Waals surface area contributed by atoms with Gasteiger partial charge in [0.25, 0.3) is 0 Å². The summed E-state index contributed by atoms with van der Waals surface area (Å²) < 4.78 is 0. The molecule has 1 unspecified atom stereocenters. The SMILES string of the molecule is CC(C)C(N)c1cscc1C#N. The minimum Gasteiger partial charge on any atom is -0.324 e. The molecule has 12 heavy (non-hydrogen) atoms.